The summed E-state index contributed by atoms with van der Waals surface area (Å²) >= 11 is 1.68. The van der Waals surface area contributed by atoms with E-state index in [4.69, 9.17) is 9.47 Å². The Balaban J connectivity index is 1.67. The molecule has 0 saturated heterocycles. The highest BCUT2D eigenvalue weighted by Crippen LogP contribution is 2.29. The maximum absolute atomic E-state index is 5.88. The predicted molar refractivity (Wildman–Crippen MR) is 89.3 cm³/mol. The van der Waals surface area contributed by atoms with Gasteiger partial charge in [-0.25, -0.2) is 4.68 Å². The van der Waals surface area contributed by atoms with Gasteiger partial charge in [0.25, 0.3) is 0 Å². The molecule has 1 aromatic carbocycles. The number of hydrogen-bond donors (Lipinski definition) is 1. The molecule has 23 heavy (non-hydrogen) atoms. The summed E-state index contributed by atoms with van der Waals surface area (Å²) in [5.41, 5.74) is 4.27. The highest BCUT2D eigenvalue weighted by atomic mass is 32.1. The molecular formula is C16H18N4O2S. The van der Waals surface area contributed by atoms with E-state index in [1.165, 1.54) is 4.88 Å². The lowest BCUT2D eigenvalue weighted by Gasteiger charge is -2.13. The van der Waals surface area contributed by atoms with Crippen molar-refractivity contribution in [3.63, 3.8) is 0 Å². The van der Waals surface area contributed by atoms with Crippen LogP contribution in [-0.2, 0) is 13.2 Å². The van der Waals surface area contributed by atoms with Crippen molar-refractivity contribution in [1.82, 2.24) is 14.9 Å². The largest absolute Gasteiger partial charge is 0.490 e. The van der Waals surface area contributed by atoms with Crippen LogP contribution in [-0.4, -0.2) is 21.5 Å². The summed E-state index contributed by atoms with van der Waals surface area (Å²) in [5.74, 6) is 1.51. The smallest absolute Gasteiger partial charge is 0.161 e. The van der Waals surface area contributed by atoms with Crippen molar-refractivity contribution in [2.24, 2.45) is 0 Å². The molecule has 3 rings (SSSR count). The van der Waals surface area contributed by atoms with Crippen LogP contribution in [0.15, 0.2) is 48.4 Å². The van der Waals surface area contributed by atoms with Gasteiger partial charge >= 0.3 is 0 Å². The van der Waals surface area contributed by atoms with Gasteiger partial charge in [-0.2, -0.15) is 0 Å². The molecule has 7 heteroatoms. The Morgan fingerprint density at radius 2 is 2.00 bits per heavy atom. The molecule has 1 N–H and O–H groups in total. The monoisotopic (exact) mass is 330 g/mol. The van der Waals surface area contributed by atoms with Gasteiger partial charge in [-0.3, -0.25) is 0 Å². The van der Waals surface area contributed by atoms with Gasteiger partial charge in [-0.05, 0) is 36.1 Å². The van der Waals surface area contributed by atoms with Crippen molar-refractivity contribution in [3.8, 4) is 11.5 Å². The van der Waals surface area contributed by atoms with Gasteiger partial charge in [0.05, 0.1) is 13.2 Å². The van der Waals surface area contributed by atoms with Crippen molar-refractivity contribution < 1.29 is 9.47 Å². The third-order valence-corrected chi connectivity index (χ3v) is 3.99. The van der Waals surface area contributed by atoms with Gasteiger partial charge < -0.3 is 14.9 Å². The molecule has 0 amide bonds. The molecule has 0 bridgehead atoms. The average Bonchev–Trinajstić information content (AvgIpc) is 3.26. The molecule has 0 radical (unpaired) electrons. The second-order valence-electron chi connectivity index (χ2n) is 4.79. The van der Waals surface area contributed by atoms with E-state index < -0.39 is 0 Å². The standard InChI is InChI=1S/C16H18N4O2S/c1-2-21-16-8-13(9-19-20-11-17-18-12-20)5-6-15(16)22-10-14-4-3-7-23-14/h3-8,11-12,19H,2,9-10H2,1H3. The number of nitrogens with zero attached hydrogens (tertiary/aromatic N) is 3. The molecule has 0 aliphatic carbocycles. The Kier molecular flexibility index (Phi) is 5.10. The first-order chi connectivity index (χ1) is 11.3. The highest BCUT2D eigenvalue weighted by Gasteiger charge is 2.07. The zero-order chi connectivity index (χ0) is 15.9. The Morgan fingerprint density at radius 1 is 1.13 bits per heavy atom. The Bertz CT molecular complexity index is 714. The van der Waals surface area contributed by atoms with Crippen molar-refractivity contribution in [3.05, 3.63) is 58.8 Å². The third kappa shape index (κ3) is 4.23. The maximum Gasteiger partial charge on any atom is 0.161 e. The first-order valence-corrected chi connectivity index (χ1v) is 8.22. The molecule has 0 unspecified atom stereocenters. The summed E-state index contributed by atoms with van der Waals surface area (Å²) < 4.78 is 13.3. The van der Waals surface area contributed by atoms with Crippen molar-refractivity contribution >= 4 is 11.3 Å². The topological polar surface area (TPSA) is 61.2 Å². The summed E-state index contributed by atoms with van der Waals surface area (Å²) in [6.45, 7) is 3.75. The van der Waals surface area contributed by atoms with E-state index in [2.05, 4.69) is 21.7 Å². The number of benzene rings is 1. The van der Waals surface area contributed by atoms with E-state index in [0.717, 1.165) is 17.1 Å². The number of thiophene rings is 1. The molecule has 2 heterocycles. The van der Waals surface area contributed by atoms with Crippen LogP contribution in [0.3, 0.4) is 0 Å². The number of rotatable bonds is 8. The quantitative estimate of drug-likeness (QED) is 0.688. The Labute approximate surface area is 138 Å². The SMILES string of the molecule is CCOc1cc(CNn2cnnc2)ccc1OCc1cccs1. The van der Waals surface area contributed by atoms with Crippen LogP contribution in [0, 0.1) is 0 Å². The lowest BCUT2D eigenvalue weighted by Crippen LogP contribution is -2.12. The van der Waals surface area contributed by atoms with Crippen LogP contribution in [0.2, 0.25) is 0 Å². The molecule has 0 aliphatic heterocycles. The van der Waals surface area contributed by atoms with E-state index in [9.17, 15) is 0 Å². The molecule has 120 valence electrons. The summed E-state index contributed by atoms with van der Waals surface area (Å²) in [5, 5.41) is 9.55. The fraction of sp³-hybridized carbons (Fsp3) is 0.250. The van der Waals surface area contributed by atoms with E-state index in [1.54, 1.807) is 28.7 Å². The van der Waals surface area contributed by atoms with Crippen LogP contribution in [0.25, 0.3) is 0 Å². The van der Waals surface area contributed by atoms with E-state index in [1.807, 2.05) is 36.6 Å². The first-order valence-electron chi connectivity index (χ1n) is 7.34. The lowest BCUT2D eigenvalue weighted by atomic mass is 10.2. The molecule has 0 aliphatic rings. The fourth-order valence-corrected chi connectivity index (χ4v) is 2.67. The summed E-state index contributed by atoms with van der Waals surface area (Å²) in [6, 6.07) is 10.0. The third-order valence-electron chi connectivity index (χ3n) is 3.14. The number of ether oxygens (including phenoxy) is 2. The Hall–Kier alpha value is -2.54. The molecule has 0 saturated carbocycles. The highest BCUT2D eigenvalue weighted by molar-refractivity contribution is 7.09. The minimum absolute atomic E-state index is 0.552. The fourth-order valence-electron chi connectivity index (χ4n) is 2.06. The van der Waals surface area contributed by atoms with E-state index >= 15 is 0 Å². The maximum atomic E-state index is 5.88. The molecule has 0 spiro atoms. The lowest BCUT2D eigenvalue weighted by molar-refractivity contribution is 0.271. The zero-order valence-corrected chi connectivity index (χ0v) is 13.6. The average molecular weight is 330 g/mol. The van der Waals surface area contributed by atoms with Crippen LogP contribution >= 0.6 is 11.3 Å². The zero-order valence-electron chi connectivity index (χ0n) is 12.8. The van der Waals surface area contributed by atoms with Crippen LogP contribution in [0.5, 0.6) is 11.5 Å². The minimum Gasteiger partial charge on any atom is -0.490 e. The summed E-state index contributed by atoms with van der Waals surface area (Å²) in [6.07, 6.45) is 3.23. The van der Waals surface area contributed by atoms with Gasteiger partial charge in [0.2, 0.25) is 0 Å². The second-order valence-corrected chi connectivity index (χ2v) is 5.82. The van der Waals surface area contributed by atoms with E-state index in [0.29, 0.717) is 19.8 Å². The predicted octanol–water partition coefficient (Wildman–Crippen LogP) is 3.06. The van der Waals surface area contributed by atoms with Gasteiger partial charge in [-0.1, -0.05) is 12.1 Å². The van der Waals surface area contributed by atoms with Gasteiger partial charge in [0, 0.05) is 4.88 Å². The van der Waals surface area contributed by atoms with Crippen molar-refractivity contribution in [2.75, 3.05) is 12.0 Å². The number of nitrogens with one attached hydrogen (secondary N) is 1. The van der Waals surface area contributed by atoms with Gasteiger partial charge in [0.1, 0.15) is 19.3 Å². The molecule has 3 aromatic rings. The molecule has 6 nitrogen and oxygen atoms in total. The van der Waals surface area contributed by atoms with Gasteiger partial charge in [-0.15, -0.1) is 21.5 Å². The van der Waals surface area contributed by atoms with E-state index in [-0.39, 0.29) is 0 Å². The summed E-state index contributed by atoms with van der Waals surface area (Å²) in [4.78, 5) is 1.19. The van der Waals surface area contributed by atoms with Crippen molar-refractivity contribution in [1.29, 1.82) is 0 Å². The second kappa shape index (κ2) is 7.64. The normalized spacial score (nSPS) is 10.5. The summed E-state index contributed by atoms with van der Waals surface area (Å²) in [7, 11) is 0. The van der Waals surface area contributed by atoms with Crippen LogP contribution in [0.1, 0.15) is 17.4 Å². The number of aromatic nitrogens is 3. The Morgan fingerprint density at radius 3 is 2.74 bits per heavy atom. The minimum atomic E-state index is 0.552. The molecular weight excluding hydrogens is 312 g/mol. The van der Waals surface area contributed by atoms with Gasteiger partial charge in [0.15, 0.2) is 11.5 Å². The van der Waals surface area contributed by atoms with Crippen LogP contribution in [0.4, 0.5) is 0 Å². The molecule has 0 atom stereocenters. The number of hydrogen-bond acceptors (Lipinski definition) is 6. The van der Waals surface area contributed by atoms with Crippen molar-refractivity contribution in [2.45, 2.75) is 20.1 Å². The molecule has 2 aromatic heterocycles. The van der Waals surface area contributed by atoms with Crippen LogP contribution < -0.4 is 14.9 Å². The molecule has 0 fully saturated rings. The first kappa shape index (κ1) is 15.4.